The maximum absolute atomic E-state index is 12.5. The Morgan fingerprint density at radius 2 is 2.20 bits per heavy atom. The number of halogens is 1. The molecule has 2 amide bonds. The van der Waals surface area contributed by atoms with E-state index in [0.717, 1.165) is 6.42 Å². The minimum atomic E-state index is -0.711. The number of esters is 1. The Labute approximate surface area is 156 Å². The van der Waals surface area contributed by atoms with Crippen LogP contribution in [0.25, 0.3) is 0 Å². The van der Waals surface area contributed by atoms with Crippen molar-refractivity contribution < 1.29 is 19.1 Å². The van der Waals surface area contributed by atoms with Gasteiger partial charge in [0.05, 0.1) is 17.8 Å². The fourth-order valence-corrected chi connectivity index (χ4v) is 3.32. The summed E-state index contributed by atoms with van der Waals surface area (Å²) in [5.41, 5.74) is 0.868. The van der Waals surface area contributed by atoms with Crippen molar-refractivity contribution in [2.75, 3.05) is 30.6 Å². The molecule has 2 rings (SSSR count). The van der Waals surface area contributed by atoms with Gasteiger partial charge >= 0.3 is 5.97 Å². The first-order chi connectivity index (χ1) is 12.0. The Morgan fingerprint density at radius 1 is 1.44 bits per heavy atom. The summed E-state index contributed by atoms with van der Waals surface area (Å²) in [4.78, 5) is 37.9. The van der Waals surface area contributed by atoms with Gasteiger partial charge in [-0.2, -0.15) is 11.8 Å². The molecule has 1 saturated heterocycles. The minimum absolute atomic E-state index is 0.00753. The van der Waals surface area contributed by atoms with Crippen molar-refractivity contribution in [3.63, 3.8) is 0 Å². The molecule has 1 aromatic carbocycles. The van der Waals surface area contributed by atoms with Gasteiger partial charge in [-0.1, -0.05) is 11.6 Å². The van der Waals surface area contributed by atoms with E-state index < -0.39 is 17.9 Å². The fourth-order valence-electron chi connectivity index (χ4n) is 2.63. The first-order valence-electron chi connectivity index (χ1n) is 7.95. The molecule has 0 unspecified atom stereocenters. The molecule has 1 atom stereocenters. The number of ether oxygens (including phenoxy) is 1. The summed E-state index contributed by atoms with van der Waals surface area (Å²) in [6, 6.07) is 4.04. The highest BCUT2D eigenvalue weighted by Gasteiger charge is 2.26. The van der Waals surface area contributed by atoms with Crippen LogP contribution >= 0.6 is 23.4 Å². The second-order valence-corrected chi connectivity index (χ2v) is 7.04. The molecule has 1 aliphatic heterocycles. The number of thioether (sulfide) groups is 1. The van der Waals surface area contributed by atoms with E-state index in [1.165, 1.54) is 7.11 Å². The molecule has 1 aromatic rings. The molecule has 6 nitrogen and oxygen atoms in total. The van der Waals surface area contributed by atoms with Crippen LogP contribution in [0.1, 0.15) is 29.6 Å². The molecule has 0 saturated carbocycles. The number of methoxy groups -OCH3 is 1. The van der Waals surface area contributed by atoms with Crippen molar-refractivity contribution in [2.24, 2.45) is 0 Å². The molecule has 0 radical (unpaired) electrons. The Balaban J connectivity index is 2.18. The van der Waals surface area contributed by atoms with Crippen LogP contribution in [-0.2, 0) is 14.3 Å². The average molecular weight is 385 g/mol. The second kappa shape index (κ2) is 9.10. The molecule has 0 spiro atoms. The summed E-state index contributed by atoms with van der Waals surface area (Å²) in [5, 5.41) is 3.11. The maximum Gasteiger partial charge on any atom is 0.328 e. The number of hydrogen-bond acceptors (Lipinski definition) is 5. The first-order valence-corrected chi connectivity index (χ1v) is 9.72. The van der Waals surface area contributed by atoms with Crippen LogP contribution in [0.3, 0.4) is 0 Å². The summed E-state index contributed by atoms with van der Waals surface area (Å²) in [7, 11) is 1.29. The van der Waals surface area contributed by atoms with Gasteiger partial charge in [-0.05, 0) is 43.0 Å². The molecular weight excluding hydrogens is 364 g/mol. The van der Waals surface area contributed by atoms with Gasteiger partial charge in [-0.25, -0.2) is 4.79 Å². The van der Waals surface area contributed by atoms with Crippen molar-refractivity contribution >= 4 is 46.8 Å². The molecule has 1 fully saturated rings. The van der Waals surface area contributed by atoms with Crippen molar-refractivity contribution in [1.82, 2.24) is 5.32 Å². The molecule has 1 heterocycles. The molecular formula is C17H21ClN2O4S. The lowest BCUT2D eigenvalue weighted by atomic mass is 10.1. The number of nitrogens with one attached hydrogen (secondary N) is 1. The normalized spacial score (nSPS) is 15.2. The molecule has 1 N–H and O–H groups in total. The molecule has 1 aliphatic rings. The Hall–Kier alpha value is -1.73. The number of carbonyl (C=O) groups excluding carboxylic acids is 3. The van der Waals surface area contributed by atoms with Gasteiger partial charge in [0.15, 0.2) is 0 Å². The van der Waals surface area contributed by atoms with E-state index in [1.54, 1.807) is 34.9 Å². The number of rotatable bonds is 7. The number of nitrogens with zero attached hydrogens (tertiary/aromatic N) is 1. The summed E-state index contributed by atoms with van der Waals surface area (Å²) in [6.45, 7) is 0.585. The zero-order valence-corrected chi connectivity index (χ0v) is 15.8. The molecule has 136 valence electrons. The van der Waals surface area contributed by atoms with E-state index in [-0.39, 0.29) is 5.91 Å². The smallest absolute Gasteiger partial charge is 0.328 e. The Morgan fingerprint density at radius 3 is 2.80 bits per heavy atom. The molecule has 0 bridgehead atoms. The molecule has 25 heavy (non-hydrogen) atoms. The number of amides is 2. The molecule has 8 heteroatoms. The topological polar surface area (TPSA) is 75.7 Å². The van der Waals surface area contributed by atoms with Gasteiger partial charge in [0.1, 0.15) is 6.04 Å². The molecule has 0 aliphatic carbocycles. The number of anilines is 1. The zero-order chi connectivity index (χ0) is 18.4. The van der Waals surface area contributed by atoms with Crippen molar-refractivity contribution in [3.05, 3.63) is 28.8 Å². The standard InChI is InChI=1S/C17H21ClN2O4S/c1-24-17(23)13(7-9-25-2)19-16(22)11-5-6-12(18)14(10-11)20-8-3-4-15(20)21/h5-6,10,13H,3-4,7-9H2,1-2H3,(H,19,22)/t13-/m1/s1. The van der Waals surface area contributed by atoms with Crippen LogP contribution in [0.15, 0.2) is 18.2 Å². The van der Waals surface area contributed by atoms with E-state index in [9.17, 15) is 14.4 Å². The van der Waals surface area contributed by atoms with Crippen LogP contribution in [0.2, 0.25) is 5.02 Å². The van der Waals surface area contributed by atoms with Crippen LogP contribution in [0.4, 0.5) is 5.69 Å². The quantitative estimate of drug-likeness (QED) is 0.731. The van der Waals surface area contributed by atoms with Crippen LogP contribution in [0, 0.1) is 0 Å². The van der Waals surface area contributed by atoms with Gasteiger partial charge < -0.3 is 15.0 Å². The van der Waals surface area contributed by atoms with Crippen molar-refractivity contribution in [3.8, 4) is 0 Å². The maximum atomic E-state index is 12.5. The fraction of sp³-hybridized carbons (Fsp3) is 0.471. The van der Waals surface area contributed by atoms with Crippen molar-refractivity contribution in [1.29, 1.82) is 0 Å². The van der Waals surface area contributed by atoms with E-state index in [4.69, 9.17) is 16.3 Å². The van der Waals surface area contributed by atoms with Crippen molar-refractivity contribution in [2.45, 2.75) is 25.3 Å². The second-order valence-electron chi connectivity index (χ2n) is 5.65. The van der Waals surface area contributed by atoms with Crippen LogP contribution < -0.4 is 10.2 Å². The van der Waals surface area contributed by atoms with Gasteiger partial charge in [-0.3, -0.25) is 9.59 Å². The van der Waals surface area contributed by atoms with Gasteiger partial charge in [0, 0.05) is 18.5 Å². The monoisotopic (exact) mass is 384 g/mol. The highest BCUT2D eigenvalue weighted by molar-refractivity contribution is 7.98. The third-order valence-electron chi connectivity index (χ3n) is 3.97. The van der Waals surface area contributed by atoms with E-state index in [0.29, 0.717) is 41.4 Å². The number of hydrogen-bond donors (Lipinski definition) is 1. The lowest BCUT2D eigenvalue weighted by Crippen LogP contribution is -2.42. The minimum Gasteiger partial charge on any atom is -0.467 e. The van der Waals surface area contributed by atoms with E-state index in [2.05, 4.69) is 5.32 Å². The Kier molecular flexibility index (Phi) is 7.13. The average Bonchev–Trinajstić information content (AvgIpc) is 3.03. The van der Waals surface area contributed by atoms with E-state index >= 15 is 0 Å². The summed E-state index contributed by atoms with van der Waals surface area (Å²) >= 11 is 7.77. The SMILES string of the molecule is COC(=O)[C@@H](CCSC)NC(=O)c1ccc(Cl)c(N2CCCC2=O)c1. The number of benzene rings is 1. The predicted octanol–water partition coefficient (Wildman–Crippen LogP) is 2.49. The molecule has 0 aromatic heterocycles. The van der Waals surface area contributed by atoms with Gasteiger partial charge in [0.25, 0.3) is 5.91 Å². The van der Waals surface area contributed by atoms with Crippen LogP contribution in [-0.4, -0.2) is 49.5 Å². The lowest BCUT2D eigenvalue weighted by molar-refractivity contribution is -0.142. The third kappa shape index (κ3) is 4.89. The summed E-state index contributed by atoms with van der Waals surface area (Å²) in [6.07, 6.45) is 3.65. The van der Waals surface area contributed by atoms with Crippen LogP contribution in [0.5, 0.6) is 0 Å². The third-order valence-corrected chi connectivity index (χ3v) is 4.94. The first kappa shape index (κ1) is 19.6. The zero-order valence-electron chi connectivity index (χ0n) is 14.2. The summed E-state index contributed by atoms with van der Waals surface area (Å²) < 4.78 is 4.75. The number of carbonyl (C=O) groups is 3. The van der Waals surface area contributed by atoms with Gasteiger partial charge in [-0.15, -0.1) is 0 Å². The largest absolute Gasteiger partial charge is 0.467 e. The predicted molar refractivity (Wildman–Crippen MR) is 99.3 cm³/mol. The lowest BCUT2D eigenvalue weighted by Gasteiger charge is -2.19. The highest BCUT2D eigenvalue weighted by atomic mass is 35.5. The highest BCUT2D eigenvalue weighted by Crippen LogP contribution is 2.30. The Bertz CT molecular complexity index is 668. The van der Waals surface area contributed by atoms with Gasteiger partial charge in [0.2, 0.25) is 5.91 Å². The summed E-state index contributed by atoms with van der Waals surface area (Å²) in [5.74, 6) is -0.173. The van der Waals surface area contributed by atoms with E-state index in [1.807, 2.05) is 6.26 Å².